The molecule has 9 rings (SSSR count). The predicted molar refractivity (Wildman–Crippen MR) is 206 cm³/mol. The fourth-order valence-corrected chi connectivity index (χ4v) is 7.49. The van der Waals surface area contributed by atoms with Crippen molar-refractivity contribution in [1.29, 1.82) is 0 Å². The van der Waals surface area contributed by atoms with Crippen LogP contribution < -0.4 is 0 Å². The van der Waals surface area contributed by atoms with Crippen molar-refractivity contribution < 1.29 is 8.83 Å². The Bertz CT molecular complexity index is 2630. The zero-order valence-corrected chi connectivity index (χ0v) is 28.2. The normalized spacial score (nSPS) is 13.3. The van der Waals surface area contributed by atoms with Crippen molar-refractivity contribution in [3.63, 3.8) is 0 Å². The molecule has 0 unspecified atom stereocenters. The maximum absolute atomic E-state index is 6.24. The summed E-state index contributed by atoms with van der Waals surface area (Å²) in [5.41, 5.74) is 13.7. The molecule has 2 heterocycles. The molecular weight excluding hydrogens is 613 g/mol. The van der Waals surface area contributed by atoms with Gasteiger partial charge in [0.15, 0.2) is 11.3 Å². The number of hydrogen-bond acceptors (Lipinski definition) is 4. The number of hydrogen-bond donors (Lipinski definition) is 0. The molecule has 0 amide bonds. The summed E-state index contributed by atoms with van der Waals surface area (Å²) in [7, 11) is 0. The van der Waals surface area contributed by atoms with Crippen molar-refractivity contribution in [3.05, 3.63) is 157 Å². The van der Waals surface area contributed by atoms with Gasteiger partial charge in [0, 0.05) is 16.5 Å². The summed E-state index contributed by atoms with van der Waals surface area (Å²) >= 11 is 0. The van der Waals surface area contributed by atoms with Crippen LogP contribution in [0.5, 0.6) is 0 Å². The second kappa shape index (κ2) is 11.4. The van der Waals surface area contributed by atoms with E-state index < -0.39 is 0 Å². The molecule has 0 fully saturated rings. The number of rotatable bonds is 6. The lowest BCUT2D eigenvalue weighted by Crippen LogP contribution is -2.15. The zero-order chi connectivity index (χ0) is 34.0. The number of para-hydroxylation sites is 2. The first-order chi connectivity index (χ1) is 24.4. The molecule has 4 heteroatoms. The van der Waals surface area contributed by atoms with Crippen LogP contribution in [0.4, 0.5) is 0 Å². The summed E-state index contributed by atoms with van der Waals surface area (Å²) < 4.78 is 12.5. The third-order valence-electron chi connectivity index (χ3n) is 10.0. The van der Waals surface area contributed by atoms with Crippen LogP contribution in [0, 0.1) is 0 Å². The highest BCUT2D eigenvalue weighted by molar-refractivity contribution is 6.03. The van der Waals surface area contributed by atoms with Crippen LogP contribution in [0.25, 0.3) is 90.3 Å². The van der Waals surface area contributed by atoms with E-state index in [1.807, 2.05) is 49.4 Å². The average molecular weight is 647 g/mol. The number of fused-ring (bicyclic) bond motifs is 6. The minimum atomic E-state index is -0.114. The van der Waals surface area contributed by atoms with Crippen LogP contribution in [0.3, 0.4) is 0 Å². The third kappa shape index (κ3) is 4.75. The van der Waals surface area contributed by atoms with Crippen LogP contribution in [0.15, 0.2) is 143 Å². The summed E-state index contributed by atoms with van der Waals surface area (Å²) in [6.07, 6.45) is 5.57. The minimum Gasteiger partial charge on any atom is -0.436 e. The van der Waals surface area contributed by atoms with Gasteiger partial charge in [-0.15, -0.1) is 0 Å². The Morgan fingerprint density at radius 2 is 1.32 bits per heavy atom. The summed E-state index contributed by atoms with van der Waals surface area (Å²) in [6.45, 7) is 10.6. The molecule has 0 aliphatic heterocycles. The Labute approximate surface area is 291 Å². The first-order valence-corrected chi connectivity index (χ1v) is 17.0. The summed E-state index contributed by atoms with van der Waals surface area (Å²) in [4.78, 5) is 9.65. The Morgan fingerprint density at radius 1 is 0.620 bits per heavy atom. The van der Waals surface area contributed by atoms with Crippen molar-refractivity contribution in [2.75, 3.05) is 0 Å². The molecule has 240 valence electrons. The molecule has 0 saturated heterocycles. The van der Waals surface area contributed by atoms with Gasteiger partial charge < -0.3 is 8.83 Å². The van der Waals surface area contributed by atoms with E-state index in [0.29, 0.717) is 17.5 Å². The standard InChI is InChI=1S/C46H34N2O2/c1-5-12-39-41(6-2)49-44(47-39)33-24-32(25-34(26-33)45-48-40-17-9-10-18-42(40)50-45)30-15-11-14-29(23-30)31-19-21-36-38(27-31)46(3,4)37-22-20-28-13-7-8-16-35(28)43(36)37/h5-27H,2H2,1,3-4H3/b12-5-. The van der Waals surface area contributed by atoms with Gasteiger partial charge in [-0.3, -0.25) is 0 Å². The van der Waals surface area contributed by atoms with Gasteiger partial charge in [0.25, 0.3) is 0 Å². The number of oxazole rings is 2. The lowest BCUT2D eigenvalue weighted by Gasteiger charge is -2.22. The summed E-state index contributed by atoms with van der Waals surface area (Å²) in [5, 5.41) is 2.58. The highest BCUT2D eigenvalue weighted by Crippen LogP contribution is 2.52. The van der Waals surface area contributed by atoms with E-state index in [2.05, 4.69) is 111 Å². The monoisotopic (exact) mass is 646 g/mol. The van der Waals surface area contributed by atoms with Gasteiger partial charge in [-0.1, -0.05) is 105 Å². The van der Waals surface area contributed by atoms with Crippen LogP contribution in [0.1, 0.15) is 43.4 Å². The van der Waals surface area contributed by atoms with Crippen LogP contribution in [-0.2, 0) is 5.41 Å². The van der Waals surface area contributed by atoms with Crippen LogP contribution >= 0.6 is 0 Å². The first-order valence-electron chi connectivity index (χ1n) is 17.0. The number of benzene rings is 6. The number of nitrogens with zero attached hydrogens (tertiary/aromatic N) is 2. The second-order valence-corrected chi connectivity index (χ2v) is 13.4. The van der Waals surface area contributed by atoms with Crippen molar-refractivity contribution in [2.24, 2.45) is 0 Å². The van der Waals surface area contributed by atoms with Gasteiger partial charge in [0.2, 0.25) is 11.8 Å². The lowest BCUT2D eigenvalue weighted by molar-refractivity contribution is 0.564. The molecule has 8 aromatic rings. The van der Waals surface area contributed by atoms with E-state index in [4.69, 9.17) is 18.8 Å². The van der Waals surface area contributed by atoms with Gasteiger partial charge in [-0.25, -0.2) is 9.97 Å². The Morgan fingerprint density at radius 3 is 2.12 bits per heavy atom. The molecule has 0 N–H and O–H groups in total. The largest absolute Gasteiger partial charge is 0.436 e. The first kappa shape index (κ1) is 29.8. The molecule has 50 heavy (non-hydrogen) atoms. The van der Waals surface area contributed by atoms with Crippen LogP contribution in [-0.4, -0.2) is 9.97 Å². The van der Waals surface area contributed by atoms with Crippen molar-refractivity contribution in [2.45, 2.75) is 26.2 Å². The Kier molecular flexibility index (Phi) is 6.82. The number of aromatic nitrogens is 2. The van der Waals surface area contributed by atoms with E-state index in [9.17, 15) is 0 Å². The molecule has 1 aliphatic rings. The lowest BCUT2D eigenvalue weighted by atomic mass is 9.81. The molecule has 6 aromatic carbocycles. The highest BCUT2D eigenvalue weighted by atomic mass is 16.4. The van der Waals surface area contributed by atoms with Gasteiger partial charge >= 0.3 is 0 Å². The molecular formula is C46H34N2O2. The van der Waals surface area contributed by atoms with E-state index in [1.54, 1.807) is 6.08 Å². The fourth-order valence-electron chi connectivity index (χ4n) is 7.49. The van der Waals surface area contributed by atoms with Crippen molar-refractivity contribution >= 4 is 34.0 Å². The molecule has 4 nitrogen and oxygen atoms in total. The number of allylic oxidation sites excluding steroid dienone is 1. The molecule has 1 aliphatic carbocycles. The van der Waals surface area contributed by atoms with E-state index in [-0.39, 0.29) is 5.41 Å². The predicted octanol–water partition coefficient (Wildman–Crippen LogP) is 12.6. The second-order valence-electron chi connectivity index (χ2n) is 13.4. The average Bonchev–Trinajstić information content (AvgIpc) is 3.84. The molecule has 0 bridgehead atoms. The van der Waals surface area contributed by atoms with Gasteiger partial charge in [-0.05, 0) is 117 Å². The molecule has 0 saturated carbocycles. The highest BCUT2D eigenvalue weighted by Gasteiger charge is 2.36. The quantitative estimate of drug-likeness (QED) is 0.180. The molecule has 0 radical (unpaired) electrons. The SMILES string of the molecule is C=Cc1oc(-c2cc(-c3cccc(-c4ccc5c(c4)C(C)(C)c4ccc6ccccc6c4-5)c3)cc(-c3nc4ccccc4o3)c2)nc1/C=C\C. The molecule has 0 atom stereocenters. The Hall–Kier alpha value is -6.26. The van der Waals surface area contributed by atoms with Crippen molar-refractivity contribution in [3.8, 4) is 56.3 Å². The minimum absolute atomic E-state index is 0.114. The maximum Gasteiger partial charge on any atom is 0.227 e. The van der Waals surface area contributed by atoms with Gasteiger partial charge in [0.05, 0.1) is 0 Å². The third-order valence-corrected chi connectivity index (χ3v) is 10.0. The van der Waals surface area contributed by atoms with E-state index in [1.165, 1.54) is 38.6 Å². The molecule has 2 aromatic heterocycles. The topological polar surface area (TPSA) is 52.1 Å². The zero-order valence-electron chi connectivity index (χ0n) is 28.2. The summed E-state index contributed by atoms with van der Waals surface area (Å²) in [6, 6.07) is 43.1. The van der Waals surface area contributed by atoms with Crippen LogP contribution in [0.2, 0.25) is 0 Å². The fraction of sp³-hybridized carbons (Fsp3) is 0.0870. The smallest absolute Gasteiger partial charge is 0.227 e. The Balaban J connectivity index is 1.17. The van der Waals surface area contributed by atoms with Crippen molar-refractivity contribution in [1.82, 2.24) is 9.97 Å². The van der Waals surface area contributed by atoms with E-state index >= 15 is 0 Å². The summed E-state index contributed by atoms with van der Waals surface area (Å²) in [5.74, 6) is 1.68. The van der Waals surface area contributed by atoms with Gasteiger partial charge in [0.1, 0.15) is 11.2 Å². The molecule has 0 spiro atoms. The maximum atomic E-state index is 6.24. The van der Waals surface area contributed by atoms with Gasteiger partial charge in [-0.2, -0.15) is 0 Å². The van der Waals surface area contributed by atoms with E-state index in [0.717, 1.165) is 44.6 Å².